The van der Waals surface area contributed by atoms with Crippen LogP contribution in [0.15, 0.2) is 46.9 Å². The van der Waals surface area contributed by atoms with E-state index in [-0.39, 0.29) is 0 Å². The molecule has 25 heavy (non-hydrogen) atoms. The Labute approximate surface area is 154 Å². The maximum Gasteiger partial charge on any atom is 0.150 e. The number of amidine groups is 1. The van der Waals surface area contributed by atoms with Gasteiger partial charge >= 0.3 is 0 Å². The lowest BCUT2D eigenvalue weighted by Gasteiger charge is -2.49. The summed E-state index contributed by atoms with van der Waals surface area (Å²) >= 11 is 1.82. The van der Waals surface area contributed by atoms with Gasteiger partial charge in [-0.05, 0) is 30.4 Å². The molecule has 0 N–H and O–H groups in total. The number of anilines is 1. The van der Waals surface area contributed by atoms with Crippen molar-refractivity contribution in [3.63, 3.8) is 0 Å². The minimum Gasteiger partial charge on any atom is -0.310 e. The number of fused-ring (bicyclic) bond motifs is 3. The fourth-order valence-electron chi connectivity index (χ4n) is 4.92. The second-order valence-corrected chi connectivity index (χ2v) is 8.44. The molecule has 2 atom stereocenters. The number of hydrogen-bond donors (Lipinski definition) is 0. The lowest BCUT2D eigenvalue weighted by Crippen LogP contribution is -2.52. The normalized spacial score (nSPS) is 25.4. The van der Waals surface area contributed by atoms with Crippen molar-refractivity contribution in [1.82, 2.24) is 0 Å². The van der Waals surface area contributed by atoms with Gasteiger partial charge in [-0.1, -0.05) is 69.2 Å². The van der Waals surface area contributed by atoms with Crippen LogP contribution in [0.4, 0.5) is 5.69 Å². The average Bonchev–Trinajstić information content (AvgIpc) is 3.12. The highest BCUT2D eigenvalue weighted by atomic mass is 32.2. The van der Waals surface area contributed by atoms with Crippen LogP contribution < -0.4 is 4.90 Å². The van der Waals surface area contributed by atoms with Gasteiger partial charge in [0.15, 0.2) is 0 Å². The topological polar surface area (TPSA) is 15.6 Å². The van der Waals surface area contributed by atoms with E-state index in [1.54, 1.807) is 0 Å². The van der Waals surface area contributed by atoms with Crippen LogP contribution in [0, 0.1) is 5.41 Å². The zero-order valence-corrected chi connectivity index (χ0v) is 15.8. The first-order chi connectivity index (χ1) is 12.3. The summed E-state index contributed by atoms with van der Waals surface area (Å²) in [5, 5.41) is 0.445. The molecule has 0 fully saturated rings. The van der Waals surface area contributed by atoms with Gasteiger partial charge in [-0.2, -0.15) is 4.40 Å². The van der Waals surface area contributed by atoms with Crippen LogP contribution in [0.2, 0.25) is 0 Å². The highest BCUT2D eigenvalue weighted by Crippen LogP contribution is 2.58. The van der Waals surface area contributed by atoms with Crippen LogP contribution >= 0.6 is 11.9 Å². The first kappa shape index (κ1) is 15.5. The summed E-state index contributed by atoms with van der Waals surface area (Å²) in [7, 11) is 0. The van der Waals surface area contributed by atoms with Crippen molar-refractivity contribution in [2.45, 2.75) is 51.3 Å². The van der Waals surface area contributed by atoms with Crippen LogP contribution in [-0.4, -0.2) is 11.2 Å². The van der Waals surface area contributed by atoms with E-state index in [0.29, 0.717) is 10.8 Å². The molecule has 0 saturated carbocycles. The van der Waals surface area contributed by atoms with Gasteiger partial charge in [0, 0.05) is 28.5 Å². The zero-order valence-electron chi connectivity index (χ0n) is 15.0. The van der Waals surface area contributed by atoms with Gasteiger partial charge in [0.2, 0.25) is 0 Å². The van der Waals surface area contributed by atoms with Gasteiger partial charge in [-0.25, -0.2) is 0 Å². The van der Waals surface area contributed by atoms with Crippen molar-refractivity contribution < 1.29 is 0 Å². The fourth-order valence-corrected chi connectivity index (χ4v) is 6.20. The number of unbranched alkanes of at least 4 members (excludes halogenated alkanes) is 1. The van der Waals surface area contributed by atoms with Gasteiger partial charge in [0.1, 0.15) is 11.2 Å². The Hall–Kier alpha value is -1.74. The molecule has 2 nitrogen and oxygen atoms in total. The molecule has 0 aliphatic carbocycles. The Balaban J connectivity index is 1.74. The van der Waals surface area contributed by atoms with Crippen molar-refractivity contribution in [1.29, 1.82) is 0 Å². The number of benzene rings is 2. The molecule has 0 saturated heterocycles. The third-order valence-corrected chi connectivity index (χ3v) is 7.51. The molecule has 3 aliphatic rings. The summed E-state index contributed by atoms with van der Waals surface area (Å²) in [6.45, 7) is 4.68. The van der Waals surface area contributed by atoms with E-state index >= 15 is 0 Å². The lowest BCUT2D eigenvalue weighted by molar-refractivity contribution is 0.227. The second-order valence-electron chi connectivity index (χ2n) is 7.60. The molecule has 128 valence electrons. The minimum absolute atomic E-state index is 0.323. The minimum atomic E-state index is 0.323. The molecular formula is C22H24N2S. The summed E-state index contributed by atoms with van der Waals surface area (Å²) in [5.74, 6) is 1.18. The van der Waals surface area contributed by atoms with E-state index in [9.17, 15) is 0 Å². The Morgan fingerprint density at radius 1 is 1.08 bits per heavy atom. The third kappa shape index (κ3) is 2.02. The molecule has 2 aromatic rings. The Bertz CT molecular complexity index is 872. The maximum absolute atomic E-state index is 4.99. The summed E-state index contributed by atoms with van der Waals surface area (Å²) in [6, 6.07) is 15.7. The Morgan fingerprint density at radius 2 is 1.88 bits per heavy atom. The number of hydrogen-bond acceptors (Lipinski definition) is 3. The van der Waals surface area contributed by atoms with E-state index in [2.05, 4.69) is 61.2 Å². The predicted molar refractivity (Wildman–Crippen MR) is 108 cm³/mol. The smallest absolute Gasteiger partial charge is 0.150 e. The third-order valence-electron chi connectivity index (χ3n) is 6.32. The van der Waals surface area contributed by atoms with E-state index in [1.807, 2.05) is 11.9 Å². The molecule has 2 aromatic carbocycles. The van der Waals surface area contributed by atoms with Gasteiger partial charge in [-0.15, -0.1) is 0 Å². The van der Waals surface area contributed by atoms with Crippen LogP contribution in [0.25, 0.3) is 11.1 Å². The Morgan fingerprint density at radius 3 is 2.68 bits per heavy atom. The van der Waals surface area contributed by atoms with Crippen LogP contribution in [0.1, 0.15) is 50.7 Å². The van der Waals surface area contributed by atoms with E-state index in [1.165, 1.54) is 65.9 Å². The molecule has 2 unspecified atom stereocenters. The highest BCUT2D eigenvalue weighted by molar-refractivity contribution is 7.99. The first-order valence-electron chi connectivity index (χ1n) is 9.54. The van der Waals surface area contributed by atoms with Crippen molar-refractivity contribution >= 4 is 23.5 Å². The van der Waals surface area contributed by atoms with Gasteiger partial charge in [0.25, 0.3) is 0 Å². The van der Waals surface area contributed by atoms with Gasteiger partial charge in [-0.3, -0.25) is 0 Å². The maximum atomic E-state index is 4.99. The summed E-state index contributed by atoms with van der Waals surface area (Å²) in [6.07, 6.45) is 6.27. The largest absolute Gasteiger partial charge is 0.310 e. The molecule has 0 radical (unpaired) electrons. The molecule has 5 rings (SSSR count). The monoisotopic (exact) mass is 348 g/mol. The van der Waals surface area contributed by atoms with Crippen molar-refractivity contribution in [3.05, 3.63) is 53.6 Å². The molecular weight excluding hydrogens is 324 g/mol. The SMILES string of the molecule is CCCCC1(CC)Cc2cccc3c2N2C(=NSC21)c1ccccc1-3. The first-order valence-corrected chi connectivity index (χ1v) is 10.4. The summed E-state index contributed by atoms with van der Waals surface area (Å²) in [4.78, 5) is 2.58. The molecule has 0 spiro atoms. The van der Waals surface area contributed by atoms with Crippen LogP contribution in [0.3, 0.4) is 0 Å². The number of rotatable bonds is 4. The molecule has 0 amide bonds. The standard InChI is InChI=1S/C22H24N2S/c1-3-5-13-22(4-2)14-15-9-8-12-17-16-10-6-7-11-18(16)20-23-25-21(22)24(20)19(15)17/h6-12,21H,3-5,13-14H2,1-2H3. The second kappa shape index (κ2) is 5.63. The summed E-state index contributed by atoms with van der Waals surface area (Å²) < 4.78 is 4.99. The van der Waals surface area contributed by atoms with E-state index < -0.39 is 0 Å². The molecule has 3 aliphatic heterocycles. The van der Waals surface area contributed by atoms with Gasteiger partial charge < -0.3 is 4.90 Å². The van der Waals surface area contributed by atoms with E-state index in [4.69, 9.17) is 4.40 Å². The Kier molecular flexibility index (Phi) is 3.50. The van der Waals surface area contributed by atoms with Gasteiger partial charge in [0.05, 0.1) is 5.69 Å². The van der Waals surface area contributed by atoms with Crippen molar-refractivity contribution in [3.8, 4) is 11.1 Å². The lowest BCUT2D eigenvalue weighted by atomic mass is 9.70. The quantitative estimate of drug-likeness (QED) is 0.625. The highest BCUT2D eigenvalue weighted by Gasteiger charge is 2.52. The molecule has 3 heteroatoms. The fraction of sp³-hybridized carbons (Fsp3) is 0.409. The number of nitrogens with zero attached hydrogens (tertiary/aromatic N) is 2. The van der Waals surface area contributed by atoms with Crippen LogP contribution in [0.5, 0.6) is 0 Å². The van der Waals surface area contributed by atoms with Crippen LogP contribution in [-0.2, 0) is 6.42 Å². The molecule has 0 aromatic heterocycles. The summed E-state index contributed by atoms with van der Waals surface area (Å²) in [5.41, 5.74) is 7.29. The molecule has 0 bridgehead atoms. The number of para-hydroxylation sites is 1. The molecule has 3 heterocycles. The average molecular weight is 349 g/mol. The predicted octanol–water partition coefficient (Wildman–Crippen LogP) is 6.05. The van der Waals surface area contributed by atoms with Crippen molar-refractivity contribution in [2.75, 3.05) is 4.90 Å². The van der Waals surface area contributed by atoms with E-state index in [0.717, 1.165) is 0 Å². The van der Waals surface area contributed by atoms with Crippen molar-refractivity contribution in [2.24, 2.45) is 9.81 Å². The zero-order chi connectivity index (χ0) is 17.0.